The summed E-state index contributed by atoms with van der Waals surface area (Å²) < 4.78 is 0. The molecule has 15 heavy (non-hydrogen) atoms. The Morgan fingerprint density at radius 1 is 1.33 bits per heavy atom. The Bertz CT molecular complexity index is 311. The molecule has 0 saturated carbocycles. The van der Waals surface area contributed by atoms with Gasteiger partial charge >= 0.3 is 0 Å². The van der Waals surface area contributed by atoms with Gasteiger partial charge in [-0.25, -0.2) is 0 Å². The SMILES string of the molecule is C=C(C)CNC(CC)c1ccc(C)cc1. The molecule has 0 amide bonds. The lowest BCUT2D eigenvalue weighted by atomic mass is 10.0. The van der Waals surface area contributed by atoms with E-state index in [1.807, 2.05) is 0 Å². The highest BCUT2D eigenvalue weighted by atomic mass is 14.9. The Kier molecular flexibility index (Phi) is 4.57. The van der Waals surface area contributed by atoms with Crippen LogP contribution in [-0.2, 0) is 0 Å². The minimum atomic E-state index is 0.447. The quantitative estimate of drug-likeness (QED) is 0.721. The van der Waals surface area contributed by atoms with Gasteiger partial charge in [0.05, 0.1) is 0 Å². The molecule has 0 saturated heterocycles. The van der Waals surface area contributed by atoms with Gasteiger partial charge in [-0.15, -0.1) is 0 Å². The van der Waals surface area contributed by atoms with E-state index in [0.29, 0.717) is 6.04 Å². The minimum absolute atomic E-state index is 0.447. The Labute approximate surface area is 93.2 Å². The average molecular weight is 203 g/mol. The predicted molar refractivity (Wildman–Crippen MR) is 67.0 cm³/mol. The van der Waals surface area contributed by atoms with E-state index in [1.165, 1.54) is 16.7 Å². The van der Waals surface area contributed by atoms with E-state index in [4.69, 9.17) is 0 Å². The first kappa shape index (κ1) is 12.0. The number of aryl methyl sites for hydroxylation is 1. The lowest BCUT2D eigenvalue weighted by molar-refractivity contribution is 0.544. The molecular weight excluding hydrogens is 182 g/mol. The van der Waals surface area contributed by atoms with Gasteiger partial charge in [0.1, 0.15) is 0 Å². The summed E-state index contributed by atoms with van der Waals surface area (Å²) in [6, 6.07) is 9.19. The van der Waals surface area contributed by atoms with Crippen molar-refractivity contribution in [3.63, 3.8) is 0 Å². The van der Waals surface area contributed by atoms with Crippen molar-refractivity contribution in [3.05, 3.63) is 47.5 Å². The Balaban J connectivity index is 2.65. The largest absolute Gasteiger partial charge is 0.306 e. The van der Waals surface area contributed by atoms with Crippen LogP contribution in [-0.4, -0.2) is 6.54 Å². The van der Waals surface area contributed by atoms with Gasteiger partial charge in [0.15, 0.2) is 0 Å². The molecule has 0 radical (unpaired) electrons. The molecule has 1 rings (SSSR count). The lowest BCUT2D eigenvalue weighted by Crippen LogP contribution is -2.22. The molecule has 0 aliphatic carbocycles. The lowest BCUT2D eigenvalue weighted by Gasteiger charge is -2.17. The fourth-order valence-corrected chi connectivity index (χ4v) is 1.59. The summed E-state index contributed by atoms with van der Waals surface area (Å²) in [5.74, 6) is 0. The summed E-state index contributed by atoms with van der Waals surface area (Å²) in [6.07, 6.45) is 1.11. The van der Waals surface area contributed by atoms with Crippen LogP contribution in [0, 0.1) is 6.92 Å². The number of benzene rings is 1. The topological polar surface area (TPSA) is 12.0 Å². The van der Waals surface area contributed by atoms with E-state index in [9.17, 15) is 0 Å². The highest BCUT2D eigenvalue weighted by Gasteiger charge is 2.07. The number of rotatable bonds is 5. The summed E-state index contributed by atoms with van der Waals surface area (Å²) in [7, 11) is 0. The highest BCUT2D eigenvalue weighted by molar-refractivity contribution is 5.24. The van der Waals surface area contributed by atoms with Crippen molar-refractivity contribution in [2.45, 2.75) is 33.2 Å². The molecule has 1 unspecified atom stereocenters. The van der Waals surface area contributed by atoms with Crippen LogP contribution in [0.3, 0.4) is 0 Å². The van der Waals surface area contributed by atoms with Crippen LogP contribution in [0.25, 0.3) is 0 Å². The molecule has 0 bridgehead atoms. The van der Waals surface area contributed by atoms with Gasteiger partial charge in [0.25, 0.3) is 0 Å². The fourth-order valence-electron chi connectivity index (χ4n) is 1.59. The van der Waals surface area contributed by atoms with E-state index >= 15 is 0 Å². The molecule has 0 fully saturated rings. The first-order valence-electron chi connectivity index (χ1n) is 5.57. The smallest absolute Gasteiger partial charge is 0.0320 e. The number of hydrogen-bond donors (Lipinski definition) is 1. The van der Waals surface area contributed by atoms with Crippen LogP contribution >= 0.6 is 0 Å². The maximum Gasteiger partial charge on any atom is 0.0320 e. The molecule has 1 heteroatoms. The molecular formula is C14H21N. The standard InChI is InChI=1S/C14H21N/c1-5-14(15-10-11(2)3)13-8-6-12(4)7-9-13/h6-9,14-15H,2,5,10H2,1,3-4H3. The number of hydrogen-bond acceptors (Lipinski definition) is 1. The molecule has 0 aliphatic rings. The molecule has 0 aromatic heterocycles. The van der Waals surface area contributed by atoms with Gasteiger partial charge in [0.2, 0.25) is 0 Å². The van der Waals surface area contributed by atoms with Crippen LogP contribution in [0.4, 0.5) is 0 Å². The van der Waals surface area contributed by atoms with Crippen molar-refractivity contribution in [2.24, 2.45) is 0 Å². The third-order valence-electron chi connectivity index (χ3n) is 2.54. The van der Waals surface area contributed by atoms with E-state index in [1.54, 1.807) is 0 Å². The van der Waals surface area contributed by atoms with E-state index in [-0.39, 0.29) is 0 Å². The monoisotopic (exact) mass is 203 g/mol. The zero-order chi connectivity index (χ0) is 11.3. The fraction of sp³-hybridized carbons (Fsp3) is 0.429. The zero-order valence-electron chi connectivity index (χ0n) is 10.0. The third-order valence-corrected chi connectivity index (χ3v) is 2.54. The van der Waals surface area contributed by atoms with Crippen LogP contribution in [0.15, 0.2) is 36.4 Å². The van der Waals surface area contributed by atoms with Crippen LogP contribution in [0.1, 0.15) is 37.4 Å². The predicted octanol–water partition coefficient (Wildman–Crippen LogP) is 3.61. The van der Waals surface area contributed by atoms with E-state index in [2.05, 4.69) is 56.9 Å². The molecule has 0 heterocycles. The molecule has 0 aliphatic heterocycles. The second kappa shape index (κ2) is 5.72. The van der Waals surface area contributed by atoms with Gasteiger partial charge in [-0.05, 0) is 25.8 Å². The van der Waals surface area contributed by atoms with Crippen molar-refractivity contribution in [3.8, 4) is 0 Å². The van der Waals surface area contributed by atoms with Crippen molar-refractivity contribution >= 4 is 0 Å². The first-order chi connectivity index (χ1) is 7.13. The van der Waals surface area contributed by atoms with Gasteiger partial charge in [0, 0.05) is 12.6 Å². The van der Waals surface area contributed by atoms with Crippen molar-refractivity contribution in [1.29, 1.82) is 0 Å². The molecule has 1 aromatic carbocycles. The highest BCUT2D eigenvalue weighted by Crippen LogP contribution is 2.17. The second-order valence-corrected chi connectivity index (χ2v) is 4.21. The molecule has 1 aromatic rings. The summed E-state index contributed by atoms with van der Waals surface area (Å²) in [5, 5.41) is 3.51. The third kappa shape index (κ3) is 3.88. The summed E-state index contributed by atoms with van der Waals surface area (Å²) in [4.78, 5) is 0. The van der Waals surface area contributed by atoms with Gasteiger partial charge in [-0.2, -0.15) is 0 Å². The first-order valence-corrected chi connectivity index (χ1v) is 5.57. The van der Waals surface area contributed by atoms with Crippen LogP contribution < -0.4 is 5.32 Å². The number of nitrogens with one attached hydrogen (secondary N) is 1. The maximum atomic E-state index is 3.91. The summed E-state index contributed by atoms with van der Waals surface area (Å²) in [6.45, 7) is 11.2. The maximum absolute atomic E-state index is 3.91. The van der Waals surface area contributed by atoms with Crippen molar-refractivity contribution in [1.82, 2.24) is 5.32 Å². The van der Waals surface area contributed by atoms with E-state index in [0.717, 1.165) is 13.0 Å². The molecule has 1 nitrogen and oxygen atoms in total. The molecule has 82 valence electrons. The van der Waals surface area contributed by atoms with Gasteiger partial charge in [-0.1, -0.05) is 48.9 Å². The Morgan fingerprint density at radius 2 is 1.93 bits per heavy atom. The van der Waals surface area contributed by atoms with Gasteiger partial charge < -0.3 is 5.32 Å². The molecule has 0 spiro atoms. The second-order valence-electron chi connectivity index (χ2n) is 4.21. The molecule has 1 N–H and O–H groups in total. The zero-order valence-corrected chi connectivity index (χ0v) is 10.0. The van der Waals surface area contributed by atoms with Crippen LogP contribution in [0.5, 0.6) is 0 Å². The Morgan fingerprint density at radius 3 is 2.40 bits per heavy atom. The normalized spacial score (nSPS) is 12.5. The summed E-state index contributed by atoms with van der Waals surface area (Å²) in [5.41, 5.74) is 3.86. The average Bonchev–Trinajstić information content (AvgIpc) is 2.21. The van der Waals surface area contributed by atoms with E-state index < -0.39 is 0 Å². The van der Waals surface area contributed by atoms with Gasteiger partial charge in [-0.3, -0.25) is 0 Å². The minimum Gasteiger partial charge on any atom is -0.306 e. The van der Waals surface area contributed by atoms with Crippen molar-refractivity contribution in [2.75, 3.05) is 6.54 Å². The Hall–Kier alpha value is -1.08. The van der Waals surface area contributed by atoms with Crippen molar-refractivity contribution < 1.29 is 0 Å². The molecule has 1 atom stereocenters. The summed E-state index contributed by atoms with van der Waals surface area (Å²) >= 11 is 0. The van der Waals surface area contributed by atoms with Crippen LogP contribution in [0.2, 0.25) is 0 Å².